The van der Waals surface area contributed by atoms with Crippen molar-refractivity contribution in [2.45, 2.75) is 13.8 Å². The molecule has 0 amide bonds. The highest BCUT2D eigenvalue weighted by Crippen LogP contribution is 2.24. The largest absolute Gasteiger partial charge is 0.478 e. The molecule has 1 aromatic carbocycles. The number of para-hydroxylation sites is 1. The van der Waals surface area contributed by atoms with Gasteiger partial charge in [-0.3, -0.25) is 0 Å². The Morgan fingerprint density at radius 3 is 2.80 bits per heavy atom. The van der Waals surface area contributed by atoms with Crippen LogP contribution in [0.4, 0.5) is 0 Å². The number of aromatic nitrogens is 4. The molecule has 100 valence electrons. The van der Waals surface area contributed by atoms with Gasteiger partial charge in [0, 0.05) is 5.56 Å². The first-order chi connectivity index (χ1) is 9.56. The van der Waals surface area contributed by atoms with Crippen LogP contribution in [0.5, 0.6) is 0 Å². The van der Waals surface area contributed by atoms with Crippen LogP contribution in [-0.2, 0) is 0 Å². The number of carboxylic acid groups (broad SMARTS) is 1. The average Bonchev–Trinajstić information content (AvgIpc) is 2.84. The predicted octanol–water partition coefficient (Wildman–Crippen LogP) is 2.33. The molecule has 0 fully saturated rings. The van der Waals surface area contributed by atoms with Crippen molar-refractivity contribution in [2.24, 2.45) is 0 Å². The fraction of sp³-hybridized carbons (Fsp3) is 0.143. The van der Waals surface area contributed by atoms with Crippen LogP contribution >= 0.6 is 0 Å². The monoisotopic (exact) mass is 268 g/mol. The summed E-state index contributed by atoms with van der Waals surface area (Å²) in [5.41, 5.74) is 3.67. The molecule has 6 heteroatoms. The quantitative estimate of drug-likeness (QED) is 0.744. The fourth-order valence-electron chi connectivity index (χ4n) is 2.12. The van der Waals surface area contributed by atoms with Crippen molar-refractivity contribution in [1.82, 2.24) is 20.2 Å². The van der Waals surface area contributed by atoms with Crippen LogP contribution in [0.2, 0.25) is 0 Å². The maximum absolute atomic E-state index is 11.2. The van der Waals surface area contributed by atoms with Gasteiger partial charge in [0.1, 0.15) is 11.3 Å². The van der Waals surface area contributed by atoms with E-state index in [4.69, 9.17) is 0 Å². The van der Waals surface area contributed by atoms with Crippen molar-refractivity contribution < 1.29 is 9.90 Å². The van der Waals surface area contributed by atoms with Crippen molar-refractivity contribution in [2.75, 3.05) is 0 Å². The molecule has 20 heavy (non-hydrogen) atoms. The number of aromatic carboxylic acids is 1. The van der Waals surface area contributed by atoms with E-state index in [-0.39, 0.29) is 5.56 Å². The second-order valence-corrected chi connectivity index (χ2v) is 4.58. The van der Waals surface area contributed by atoms with E-state index in [1.165, 1.54) is 6.07 Å². The van der Waals surface area contributed by atoms with Gasteiger partial charge < -0.3 is 10.1 Å². The Hall–Kier alpha value is -2.76. The van der Waals surface area contributed by atoms with Gasteiger partial charge in [-0.25, -0.2) is 9.78 Å². The van der Waals surface area contributed by atoms with Gasteiger partial charge in [-0.05, 0) is 32.0 Å². The first-order valence-electron chi connectivity index (χ1n) is 6.09. The van der Waals surface area contributed by atoms with E-state index in [0.717, 1.165) is 17.0 Å². The Balaban J connectivity index is 2.26. The Morgan fingerprint density at radius 2 is 2.05 bits per heavy atom. The van der Waals surface area contributed by atoms with Crippen LogP contribution in [0.1, 0.15) is 21.7 Å². The Kier molecular flexibility index (Phi) is 2.71. The van der Waals surface area contributed by atoms with Gasteiger partial charge in [0.25, 0.3) is 0 Å². The van der Waals surface area contributed by atoms with Gasteiger partial charge in [-0.15, -0.1) is 0 Å². The lowest BCUT2D eigenvalue weighted by Crippen LogP contribution is -1.97. The van der Waals surface area contributed by atoms with E-state index in [9.17, 15) is 9.90 Å². The molecule has 2 heterocycles. The van der Waals surface area contributed by atoms with Crippen LogP contribution in [-0.4, -0.2) is 31.2 Å². The van der Waals surface area contributed by atoms with Crippen LogP contribution in [0.25, 0.3) is 22.4 Å². The number of carboxylic acids is 1. The van der Waals surface area contributed by atoms with Crippen LogP contribution in [0, 0.1) is 13.8 Å². The molecular formula is C14H12N4O2. The van der Waals surface area contributed by atoms with E-state index in [0.29, 0.717) is 16.9 Å². The first kappa shape index (κ1) is 12.3. The summed E-state index contributed by atoms with van der Waals surface area (Å²) in [7, 11) is 0. The summed E-state index contributed by atoms with van der Waals surface area (Å²) in [6.07, 6.45) is 0. The van der Waals surface area contributed by atoms with Gasteiger partial charge in [0.2, 0.25) is 0 Å². The zero-order chi connectivity index (χ0) is 14.3. The molecule has 0 saturated heterocycles. The number of benzene rings is 1. The van der Waals surface area contributed by atoms with E-state index >= 15 is 0 Å². The van der Waals surface area contributed by atoms with Gasteiger partial charge >= 0.3 is 5.97 Å². The summed E-state index contributed by atoms with van der Waals surface area (Å²) >= 11 is 0. The second-order valence-electron chi connectivity index (χ2n) is 4.58. The number of aryl methyl sites for hydroxylation is 2. The molecule has 0 atom stereocenters. The highest BCUT2D eigenvalue weighted by Gasteiger charge is 2.14. The molecule has 0 radical (unpaired) electrons. The van der Waals surface area contributed by atoms with Crippen molar-refractivity contribution in [3.63, 3.8) is 0 Å². The molecule has 0 aliphatic heterocycles. The number of imidazole rings is 1. The van der Waals surface area contributed by atoms with E-state index in [2.05, 4.69) is 20.2 Å². The van der Waals surface area contributed by atoms with Crippen molar-refractivity contribution in [3.8, 4) is 11.4 Å². The number of hydrogen-bond acceptors (Lipinski definition) is 4. The van der Waals surface area contributed by atoms with Gasteiger partial charge in [0.15, 0.2) is 0 Å². The second kappa shape index (κ2) is 4.41. The number of nitrogens with zero attached hydrogens (tertiary/aromatic N) is 3. The van der Waals surface area contributed by atoms with Gasteiger partial charge in [-0.1, -0.05) is 6.07 Å². The number of fused-ring (bicyclic) bond motifs is 1. The Morgan fingerprint density at radius 1 is 1.25 bits per heavy atom. The molecule has 0 spiro atoms. The third-order valence-electron chi connectivity index (χ3n) is 3.10. The molecule has 0 bridgehead atoms. The summed E-state index contributed by atoms with van der Waals surface area (Å²) in [5.74, 6) is -0.390. The molecule has 0 aliphatic rings. The van der Waals surface area contributed by atoms with Gasteiger partial charge in [0.05, 0.1) is 22.5 Å². The number of aromatic amines is 1. The topological polar surface area (TPSA) is 91.8 Å². The average molecular weight is 268 g/mol. The molecule has 3 rings (SSSR count). The SMILES string of the molecule is Cc1cc(-c2nc3c(C(=O)O)cccc3[nH]2)c(C)nn1. The minimum atomic E-state index is -0.991. The summed E-state index contributed by atoms with van der Waals surface area (Å²) in [5, 5.41) is 17.2. The number of nitrogens with one attached hydrogen (secondary N) is 1. The van der Waals surface area contributed by atoms with Crippen LogP contribution < -0.4 is 0 Å². The zero-order valence-electron chi connectivity index (χ0n) is 11.0. The normalized spacial score (nSPS) is 10.9. The summed E-state index contributed by atoms with van der Waals surface area (Å²) in [6, 6.07) is 6.91. The molecular weight excluding hydrogens is 256 g/mol. The van der Waals surface area contributed by atoms with Gasteiger partial charge in [-0.2, -0.15) is 10.2 Å². The molecule has 0 aliphatic carbocycles. The van der Waals surface area contributed by atoms with Crippen LogP contribution in [0.15, 0.2) is 24.3 Å². The highest BCUT2D eigenvalue weighted by atomic mass is 16.4. The molecule has 0 unspecified atom stereocenters. The van der Waals surface area contributed by atoms with Crippen LogP contribution in [0.3, 0.4) is 0 Å². The van der Waals surface area contributed by atoms with Crippen molar-refractivity contribution in [3.05, 3.63) is 41.2 Å². The maximum Gasteiger partial charge on any atom is 0.337 e. The standard InChI is InChI=1S/C14H12N4O2/c1-7-6-10(8(2)18-17-7)13-15-11-5-3-4-9(14(19)20)12(11)16-13/h3-6H,1-2H3,(H,15,16)(H,19,20). The van der Waals surface area contributed by atoms with E-state index in [1.54, 1.807) is 12.1 Å². The summed E-state index contributed by atoms with van der Waals surface area (Å²) in [6.45, 7) is 3.69. The molecule has 6 nitrogen and oxygen atoms in total. The maximum atomic E-state index is 11.2. The molecule has 2 aromatic heterocycles. The minimum absolute atomic E-state index is 0.182. The number of hydrogen-bond donors (Lipinski definition) is 2. The molecule has 3 aromatic rings. The Bertz CT molecular complexity index is 823. The fourth-order valence-corrected chi connectivity index (χ4v) is 2.12. The van der Waals surface area contributed by atoms with Crippen molar-refractivity contribution in [1.29, 1.82) is 0 Å². The number of rotatable bonds is 2. The summed E-state index contributed by atoms with van der Waals surface area (Å²) in [4.78, 5) is 18.7. The number of H-pyrrole nitrogens is 1. The lowest BCUT2D eigenvalue weighted by Gasteiger charge is -2.01. The predicted molar refractivity (Wildman–Crippen MR) is 73.6 cm³/mol. The lowest BCUT2D eigenvalue weighted by molar-refractivity contribution is 0.0699. The van der Waals surface area contributed by atoms with Crippen molar-refractivity contribution >= 4 is 17.0 Å². The lowest BCUT2D eigenvalue weighted by atomic mass is 10.2. The van der Waals surface area contributed by atoms with E-state index < -0.39 is 5.97 Å². The Labute approximate surface area is 114 Å². The number of carbonyl (C=O) groups is 1. The smallest absolute Gasteiger partial charge is 0.337 e. The first-order valence-corrected chi connectivity index (χ1v) is 6.09. The zero-order valence-corrected chi connectivity index (χ0v) is 11.0. The third-order valence-corrected chi connectivity index (χ3v) is 3.10. The third kappa shape index (κ3) is 1.91. The molecule has 2 N–H and O–H groups in total. The minimum Gasteiger partial charge on any atom is -0.478 e. The van der Waals surface area contributed by atoms with E-state index in [1.807, 2.05) is 19.9 Å². The molecule has 0 saturated carbocycles. The summed E-state index contributed by atoms with van der Waals surface area (Å²) < 4.78 is 0. The highest BCUT2D eigenvalue weighted by molar-refractivity contribution is 6.01.